The first-order valence-corrected chi connectivity index (χ1v) is 10.4. The number of hydrogen-bond donors (Lipinski definition) is 0. The third kappa shape index (κ3) is 3.34. The molecular weight excluding hydrogens is 377 g/mol. The van der Waals surface area contributed by atoms with E-state index < -0.39 is 6.67 Å². The van der Waals surface area contributed by atoms with Gasteiger partial charge in [-0.05, 0) is 24.0 Å². The Balaban J connectivity index is 1.61. The van der Waals surface area contributed by atoms with Crippen molar-refractivity contribution in [2.75, 3.05) is 13.3 Å². The summed E-state index contributed by atoms with van der Waals surface area (Å²) in [6.07, 6.45) is 9.19. The molecule has 2 aliphatic carbocycles. The number of fused-ring (bicyclic) bond motifs is 1. The summed E-state index contributed by atoms with van der Waals surface area (Å²) in [6, 6.07) is 21.8. The fraction of sp³-hybridized carbons (Fsp3) is 0.280. The average molecular weight is 401 g/mol. The van der Waals surface area contributed by atoms with Gasteiger partial charge in [0.2, 0.25) is 0 Å². The Morgan fingerprint density at radius 3 is 2.33 bits per heavy atom. The Morgan fingerprint density at radius 2 is 1.73 bits per heavy atom. The maximum absolute atomic E-state index is 12.3. The zero-order valence-corrected chi connectivity index (χ0v) is 16.7. The zero-order valence-electron chi connectivity index (χ0n) is 16.7. The first kappa shape index (κ1) is 18.8. The maximum atomic E-state index is 12.3. The molecule has 1 aromatic heterocycles. The van der Waals surface area contributed by atoms with E-state index in [1.165, 1.54) is 16.8 Å². The molecule has 0 aliphatic heterocycles. The second kappa shape index (κ2) is 7.90. The molecule has 1 heterocycles. The predicted molar refractivity (Wildman–Crippen MR) is 116 cm³/mol. The van der Waals surface area contributed by atoms with Crippen LogP contribution in [0.3, 0.4) is 0 Å². The standard InChI is InChI=1S/C25H24FN3O/c26-15-16-30-27-18-23-22-13-14-25(19-7-3-1-4-8-19,20-9-5-2-6-10-20)17-24(22)29(28-23)21-11-12-21/h1-10,13-14,18,21H,11-12,15-17H2/b27-18+. The minimum absolute atomic E-state index is 0.0387. The van der Waals surface area contributed by atoms with E-state index in [1.54, 1.807) is 6.21 Å². The number of oxime groups is 1. The molecule has 30 heavy (non-hydrogen) atoms. The second-order valence-corrected chi connectivity index (χ2v) is 7.89. The highest BCUT2D eigenvalue weighted by Gasteiger charge is 2.39. The minimum Gasteiger partial charge on any atom is -0.393 e. The molecule has 0 radical (unpaired) electrons. The lowest BCUT2D eigenvalue weighted by Crippen LogP contribution is -2.31. The van der Waals surface area contributed by atoms with Crippen molar-refractivity contribution in [3.8, 4) is 0 Å². The normalized spacial score (nSPS) is 17.2. The molecule has 0 spiro atoms. The number of alkyl halides is 1. The van der Waals surface area contributed by atoms with Gasteiger partial charge in [-0.15, -0.1) is 0 Å². The topological polar surface area (TPSA) is 39.4 Å². The van der Waals surface area contributed by atoms with Gasteiger partial charge in [-0.2, -0.15) is 5.10 Å². The van der Waals surface area contributed by atoms with Crippen LogP contribution in [0.1, 0.15) is 47.0 Å². The monoisotopic (exact) mass is 401 g/mol. The SMILES string of the molecule is FCCO/N=C/c1nn(C2CC2)c2c1C=CC(c1ccccc1)(c1ccccc1)C2. The maximum Gasteiger partial charge on any atom is 0.145 e. The molecule has 2 aromatic carbocycles. The van der Waals surface area contributed by atoms with Crippen molar-refractivity contribution in [3.63, 3.8) is 0 Å². The van der Waals surface area contributed by atoms with Crippen molar-refractivity contribution in [2.24, 2.45) is 5.16 Å². The number of hydrogen-bond acceptors (Lipinski definition) is 3. The molecule has 4 nitrogen and oxygen atoms in total. The smallest absolute Gasteiger partial charge is 0.145 e. The van der Waals surface area contributed by atoms with Crippen molar-refractivity contribution in [1.29, 1.82) is 0 Å². The Hall–Kier alpha value is -3.21. The lowest BCUT2D eigenvalue weighted by molar-refractivity contribution is 0.129. The molecule has 1 saturated carbocycles. The van der Waals surface area contributed by atoms with E-state index in [0.717, 1.165) is 30.5 Å². The van der Waals surface area contributed by atoms with E-state index in [1.807, 2.05) is 0 Å². The number of aromatic nitrogens is 2. The van der Waals surface area contributed by atoms with Crippen LogP contribution >= 0.6 is 0 Å². The number of benzene rings is 2. The molecule has 0 amide bonds. The second-order valence-electron chi connectivity index (χ2n) is 7.89. The Morgan fingerprint density at radius 1 is 1.07 bits per heavy atom. The third-order valence-corrected chi connectivity index (χ3v) is 5.95. The van der Waals surface area contributed by atoms with E-state index in [9.17, 15) is 4.39 Å². The van der Waals surface area contributed by atoms with E-state index in [0.29, 0.717) is 6.04 Å². The van der Waals surface area contributed by atoms with E-state index >= 15 is 0 Å². The van der Waals surface area contributed by atoms with Gasteiger partial charge >= 0.3 is 0 Å². The number of halogens is 1. The molecule has 5 heteroatoms. The number of nitrogens with zero attached hydrogens (tertiary/aromatic N) is 3. The summed E-state index contributed by atoms with van der Waals surface area (Å²) >= 11 is 0. The highest BCUT2D eigenvalue weighted by Crippen LogP contribution is 2.45. The molecule has 1 fully saturated rings. The number of rotatable bonds is 7. The Kier molecular flexibility index (Phi) is 4.95. The molecule has 0 unspecified atom stereocenters. The molecule has 0 atom stereocenters. The molecule has 3 aromatic rings. The van der Waals surface area contributed by atoms with Crippen molar-refractivity contribution < 1.29 is 9.23 Å². The first-order valence-electron chi connectivity index (χ1n) is 10.4. The van der Waals surface area contributed by atoms with Crippen molar-refractivity contribution in [2.45, 2.75) is 30.7 Å². The first-order chi connectivity index (χ1) is 14.8. The van der Waals surface area contributed by atoms with Gasteiger partial charge in [-0.25, -0.2) is 4.39 Å². The number of allylic oxidation sites excluding steroid dienone is 1. The Bertz CT molecular complexity index is 1030. The average Bonchev–Trinajstić information content (AvgIpc) is 3.59. The van der Waals surface area contributed by atoms with Crippen LogP contribution < -0.4 is 0 Å². The quantitative estimate of drug-likeness (QED) is 0.314. The summed E-state index contributed by atoms with van der Waals surface area (Å²) in [4.78, 5) is 4.96. The summed E-state index contributed by atoms with van der Waals surface area (Å²) in [7, 11) is 0. The molecular formula is C25H24FN3O. The lowest BCUT2D eigenvalue weighted by atomic mass is 9.68. The minimum atomic E-state index is -0.553. The van der Waals surface area contributed by atoms with Gasteiger partial charge in [0.05, 0.1) is 12.3 Å². The zero-order chi connectivity index (χ0) is 20.4. The van der Waals surface area contributed by atoms with Crippen LogP contribution in [-0.4, -0.2) is 29.3 Å². The van der Waals surface area contributed by atoms with Crippen molar-refractivity contribution in [1.82, 2.24) is 9.78 Å². The van der Waals surface area contributed by atoms with Crippen LogP contribution in [0.4, 0.5) is 4.39 Å². The van der Waals surface area contributed by atoms with Gasteiger partial charge in [-0.3, -0.25) is 4.68 Å². The summed E-state index contributed by atoms with van der Waals surface area (Å²) in [5, 5.41) is 8.76. The summed E-state index contributed by atoms with van der Waals surface area (Å²) < 4.78 is 14.5. The summed E-state index contributed by atoms with van der Waals surface area (Å²) in [5.41, 5.74) is 5.37. The van der Waals surface area contributed by atoms with Crippen LogP contribution in [0.15, 0.2) is 71.9 Å². The van der Waals surface area contributed by atoms with E-state index in [-0.39, 0.29) is 12.0 Å². The molecule has 0 bridgehead atoms. The lowest BCUT2D eigenvalue weighted by Gasteiger charge is -2.35. The molecule has 152 valence electrons. The van der Waals surface area contributed by atoms with Crippen LogP contribution in [0.25, 0.3) is 6.08 Å². The largest absolute Gasteiger partial charge is 0.393 e. The van der Waals surface area contributed by atoms with Crippen LogP contribution in [0.5, 0.6) is 0 Å². The molecule has 2 aliphatic rings. The molecule has 0 N–H and O–H groups in total. The van der Waals surface area contributed by atoms with Crippen LogP contribution in [0.2, 0.25) is 0 Å². The van der Waals surface area contributed by atoms with Gasteiger partial charge in [0.25, 0.3) is 0 Å². The van der Waals surface area contributed by atoms with E-state index in [2.05, 4.69) is 82.7 Å². The summed E-state index contributed by atoms with van der Waals surface area (Å²) in [5.74, 6) is 0. The molecule has 5 rings (SSSR count). The third-order valence-electron chi connectivity index (χ3n) is 5.95. The van der Waals surface area contributed by atoms with Crippen LogP contribution in [0, 0.1) is 0 Å². The summed E-state index contributed by atoms with van der Waals surface area (Å²) in [6.45, 7) is -0.592. The van der Waals surface area contributed by atoms with Gasteiger partial charge in [0, 0.05) is 23.1 Å². The van der Waals surface area contributed by atoms with Gasteiger partial charge in [0.1, 0.15) is 19.0 Å². The fourth-order valence-electron chi connectivity index (χ4n) is 4.33. The van der Waals surface area contributed by atoms with Gasteiger partial charge < -0.3 is 4.84 Å². The molecule has 0 saturated heterocycles. The van der Waals surface area contributed by atoms with Gasteiger partial charge in [0.15, 0.2) is 0 Å². The van der Waals surface area contributed by atoms with E-state index in [4.69, 9.17) is 9.94 Å². The van der Waals surface area contributed by atoms with Crippen LogP contribution in [-0.2, 0) is 16.7 Å². The Labute approximate surface area is 175 Å². The fourth-order valence-corrected chi connectivity index (χ4v) is 4.33. The van der Waals surface area contributed by atoms with Crippen molar-refractivity contribution >= 4 is 12.3 Å². The highest BCUT2D eigenvalue weighted by molar-refractivity contribution is 5.84. The highest BCUT2D eigenvalue weighted by atomic mass is 19.1. The predicted octanol–water partition coefficient (Wildman–Crippen LogP) is 5.09. The van der Waals surface area contributed by atoms with Gasteiger partial charge in [-0.1, -0.05) is 78.0 Å². The van der Waals surface area contributed by atoms with Crippen molar-refractivity contribution in [3.05, 3.63) is 94.8 Å².